The second kappa shape index (κ2) is 5.19. The molecule has 1 saturated heterocycles. The molecule has 0 spiro atoms. The summed E-state index contributed by atoms with van der Waals surface area (Å²) in [5, 5.41) is 6.58. The molecule has 2 N–H and O–H groups in total. The number of aryl methyl sites for hydroxylation is 1. The van der Waals surface area contributed by atoms with Gasteiger partial charge in [-0.2, -0.15) is 0 Å². The number of rotatable bonds is 3. The summed E-state index contributed by atoms with van der Waals surface area (Å²) in [6.45, 7) is 0.864. The van der Waals surface area contributed by atoms with Crippen molar-refractivity contribution < 1.29 is 4.79 Å². The van der Waals surface area contributed by atoms with Crippen molar-refractivity contribution in [2.45, 2.75) is 44.2 Å². The molecule has 5 heteroatoms. The second-order valence-electron chi connectivity index (χ2n) is 5.09. The Labute approximate surface area is 116 Å². The quantitative estimate of drug-likeness (QED) is 0.896. The first-order valence-corrected chi connectivity index (χ1v) is 7.72. The Balaban J connectivity index is 1.62. The van der Waals surface area contributed by atoms with Crippen LogP contribution in [0.3, 0.4) is 0 Å². The van der Waals surface area contributed by atoms with Crippen LogP contribution in [0.2, 0.25) is 4.34 Å². The van der Waals surface area contributed by atoms with Crippen molar-refractivity contribution in [3.8, 4) is 0 Å². The van der Waals surface area contributed by atoms with E-state index in [4.69, 9.17) is 11.6 Å². The Morgan fingerprint density at radius 1 is 1.44 bits per heavy atom. The number of thiophene rings is 1. The van der Waals surface area contributed by atoms with Gasteiger partial charge >= 0.3 is 0 Å². The molecule has 0 aromatic carbocycles. The lowest BCUT2D eigenvalue weighted by molar-refractivity contribution is -0.119. The van der Waals surface area contributed by atoms with Crippen molar-refractivity contribution in [1.29, 1.82) is 0 Å². The van der Waals surface area contributed by atoms with Crippen molar-refractivity contribution in [2.75, 3.05) is 6.54 Å². The molecule has 1 fully saturated rings. The zero-order valence-corrected chi connectivity index (χ0v) is 11.7. The van der Waals surface area contributed by atoms with Gasteiger partial charge < -0.3 is 10.6 Å². The molecule has 1 aromatic heterocycles. The number of carbonyl (C=O) groups excluding carboxylic acids is 1. The summed E-state index contributed by atoms with van der Waals surface area (Å²) in [6, 6.07) is 2.82. The van der Waals surface area contributed by atoms with E-state index in [0.29, 0.717) is 18.5 Å². The van der Waals surface area contributed by atoms with Crippen LogP contribution >= 0.6 is 22.9 Å². The predicted octanol–water partition coefficient (Wildman–Crippen LogP) is 2.65. The molecule has 1 aliphatic heterocycles. The van der Waals surface area contributed by atoms with E-state index >= 15 is 0 Å². The fourth-order valence-corrected chi connectivity index (χ4v) is 4.23. The van der Waals surface area contributed by atoms with Crippen LogP contribution in [-0.2, 0) is 11.2 Å². The topological polar surface area (TPSA) is 41.1 Å². The maximum atomic E-state index is 11.2. The zero-order chi connectivity index (χ0) is 12.5. The van der Waals surface area contributed by atoms with Gasteiger partial charge in [-0.3, -0.25) is 4.79 Å². The van der Waals surface area contributed by atoms with E-state index in [1.807, 2.05) is 0 Å². The zero-order valence-electron chi connectivity index (χ0n) is 10.2. The Morgan fingerprint density at radius 3 is 3.11 bits per heavy atom. The minimum atomic E-state index is 0.185. The Bertz CT molecular complexity index is 460. The Hall–Kier alpha value is -0.580. The largest absolute Gasteiger partial charge is 0.352 e. The minimum Gasteiger partial charge on any atom is -0.352 e. The van der Waals surface area contributed by atoms with Crippen LogP contribution in [0.5, 0.6) is 0 Å². The van der Waals surface area contributed by atoms with Crippen molar-refractivity contribution in [1.82, 2.24) is 10.6 Å². The molecule has 2 unspecified atom stereocenters. The van der Waals surface area contributed by atoms with Gasteiger partial charge in [0.2, 0.25) is 5.91 Å². The van der Waals surface area contributed by atoms with Gasteiger partial charge in [-0.25, -0.2) is 0 Å². The molecule has 3 rings (SSSR count). The highest BCUT2D eigenvalue weighted by Gasteiger charge is 2.25. The van der Waals surface area contributed by atoms with Gasteiger partial charge in [0.25, 0.3) is 0 Å². The summed E-state index contributed by atoms with van der Waals surface area (Å²) in [6.07, 6.45) is 5.17. The summed E-state index contributed by atoms with van der Waals surface area (Å²) < 4.78 is 0.892. The highest BCUT2D eigenvalue weighted by molar-refractivity contribution is 7.16. The van der Waals surface area contributed by atoms with Crippen LogP contribution in [0, 0.1) is 0 Å². The van der Waals surface area contributed by atoms with Crippen LogP contribution in [0.1, 0.15) is 42.2 Å². The van der Waals surface area contributed by atoms with E-state index in [0.717, 1.165) is 23.7 Å². The molecule has 98 valence electrons. The van der Waals surface area contributed by atoms with Crippen LogP contribution in [0.15, 0.2) is 6.07 Å². The van der Waals surface area contributed by atoms with Gasteiger partial charge in [-0.1, -0.05) is 11.6 Å². The van der Waals surface area contributed by atoms with Crippen LogP contribution in [0.25, 0.3) is 0 Å². The van der Waals surface area contributed by atoms with Crippen molar-refractivity contribution in [3.63, 3.8) is 0 Å². The lowest BCUT2D eigenvalue weighted by Gasteiger charge is -2.25. The van der Waals surface area contributed by atoms with Crippen molar-refractivity contribution in [3.05, 3.63) is 20.8 Å². The molecule has 18 heavy (non-hydrogen) atoms. The predicted molar refractivity (Wildman–Crippen MR) is 74.2 cm³/mol. The smallest absolute Gasteiger partial charge is 0.220 e. The Morgan fingerprint density at radius 2 is 2.33 bits per heavy atom. The summed E-state index contributed by atoms with van der Waals surface area (Å²) in [5.74, 6) is 0.185. The molecule has 0 radical (unpaired) electrons. The third-order valence-electron chi connectivity index (χ3n) is 3.78. The fourth-order valence-electron chi connectivity index (χ4n) is 2.85. The normalized spacial score (nSPS) is 27.1. The molecule has 1 aromatic rings. The molecule has 0 saturated carbocycles. The lowest BCUT2D eigenvalue weighted by atomic mass is 9.94. The average Bonchev–Trinajstić information content (AvgIpc) is 2.91. The van der Waals surface area contributed by atoms with E-state index in [9.17, 15) is 4.79 Å². The van der Waals surface area contributed by atoms with E-state index in [1.54, 1.807) is 11.3 Å². The number of fused-ring (bicyclic) bond motifs is 1. The van der Waals surface area contributed by atoms with Gasteiger partial charge in [-0.15, -0.1) is 11.3 Å². The number of halogens is 1. The number of nitrogens with one attached hydrogen (secondary N) is 2. The summed E-state index contributed by atoms with van der Waals surface area (Å²) >= 11 is 7.80. The molecular formula is C13H17ClN2OS. The standard InChI is InChI=1S/C13H17ClN2OS/c14-12-6-9-10(2-1-3-11(9)18-12)15-7-8-4-5-13(17)16-8/h6,8,10,15H,1-5,7H2,(H,16,17). The third-order valence-corrected chi connectivity index (χ3v) is 5.12. The molecule has 2 atom stereocenters. The molecule has 0 bridgehead atoms. The average molecular weight is 285 g/mol. The molecule has 2 heterocycles. The van der Waals surface area contributed by atoms with Crippen molar-refractivity contribution in [2.24, 2.45) is 0 Å². The van der Waals surface area contributed by atoms with Crippen LogP contribution in [0.4, 0.5) is 0 Å². The van der Waals surface area contributed by atoms with Crippen LogP contribution < -0.4 is 10.6 Å². The first kappa shape index (κ1) is 12.5. The second-order valence-corrected chi connectivity index (χ2v) is 6.85. The first-order valence-electron chi connectivity index (χ1n) is 6.53. The van der Waals surface area contributed by atoms with E-state index in [1.165, 1.54) is 23.3 Å². The van der Waals surface area contributed by atoms with E-state index < -0.39 is 0 Å². The van der Waals surface area contributed by atoms with Gasteiger partial charge in [-0.05, 0) is 37.3 Å². The van der Waals surface area contributed by atoms with E-state index in [2.05, 4.69) is 16.7 Å². The third kappa shape index (κ3) is 2.56. The summed E-state index contributed by atoms with van der Waals surface area (Å²) in [4.78, 5) is 12.6. The van der Waals surface area contributed by atoms with Crippen molar-refractivity contribution >= 4 is 28.8 Å². The minimum absolute atomic E-state index is 0.185. The molecular weight excluding hydrogens is 268 g/mol. The van der Waals surface area contributed by atoms with E-state index in [-0.39, 0.29) is 5.91 Å². The summed E-state index contributed by atoms with van der Waals surface area (Å²) in [7, 11) is 0. The van der Waals surface area contributed by atoms with Gasteiger partial charge in [0.1, 0.15) is 0 Å². The number of amides is 1. The van der Waals surface area contributed by atoms with Gasteiger partial charge in [0.15, 0.2) is 0 Å². The molecule has 3 nitrogen and oxygen atoms in total. The van der Waals surface area contributed by atoms with Gasteiger partial charge in [0.05, 0.1) is 4.34 Å². The molecule has 1 aliphatic carbocycles. The number of hydrogen-bond acceptors (Lipinski definition) is 3. The fraction of sp³-hybridized carbons (Fsp3) is 0.615. The summed E-state index contributed by atoms with van der Waals surface area (Å²) in [5.41, 5.74) is 1.38. The van der Waals surface area contributed by atoms with Crippen LogP contribution in [-0.4, -0.2) is 18.5 Å². The monoisotopic (exact) mass is 284 g/mol. The van der Waals surface area contributed by atoms with Gasteiger partial charge in [0, 0.05) is 29.9 Å². The lowest BCUT2D eigenvalue weighted by Crippen LogP contribution is -2.37. The number of hydrogen-bond donors (Lipinski definition) is 2. The first-order chi connectivity index (χ1) is 8.72. The maximum Gasteiger partial charge on any atom is 0.220 e. The number of carbonyl (C=O) groups is 1. The highest BCUT2D eigenvalue weighted by atomic mass is 35.5. The molecule has 1 amide bonds. The Kier molecular flexibility index (Phi) is 3.59. The molecule has 2 aliphatic rings. The highest BCUT2D eigenvalue weighted by Crippen LogP contribution is 2.37. The SMILES string of the molecule is O=C1CCC(CNC2CCCc3sc(Cl)cc32)N1. The maximum absolute atomic E-state index is 11.2.